The van der Waals surface area contributed by atoms with Crippen LogP contribution in [-0.2, 0) is 10.0 Å². The Morgan fingerprint density at radius 3 is 2.17 bits per heavy atom. The Kier molecular flexibility index (Phi) is 9.00. The first-order valence-corrected chi connectivity index (χ1v) is 12.2. The van der Waals surface area contributed by atoms with Gasteiger partial charge in [0.1, 0.15) is 0 Å². The van der Waals surface area contributed by atoms with Gasteiger partial charge < -0.3 is 5.32 Å². The molecule has 1 amide bonds. The minimum atomic E-state index is -3.53. The van der Waals surface area contributed by atoms with Crippen LogP contribution in [-0.4, -0.2) is 36.8 Å². The van der Waals surface area contributed by atoms with Crippen LogP contribution >= 0.6 is 34.8 Å². The zero-order valence-electron chi connectivity index (χ0n) is 16.3. The molecule has 0 bridgehead atoms. The van der Waals surface area contributed by atoms with Crippen LogP contribution in [0.5, 0.6) is 0 Å². The van der Waals surface area contributed by atoms with Crippen LogP contribution in [0.2, 0.25) is 0 Å². The quantitative estimate of drug-likeness (QED) is 0.384. The van der Waals surface area contributed by atoms with Crippen LogP contribution in [0.3, 0.4) is 0 Å². The van der Waals surface area contributed by atoms with E-state index in [0.717, 1.165) is 16.4 Å². The highest BCUT2D eigenvalue weighted by Crippen LogP contribution is 2.19. The summed E-state index contributed by atoms with van der Waals surface area (Å²) in [5.74, 6) is -0.304. The third-order valence-electron chi connectivity index (χ3n) is 4.04. The molecule has 29 heavy (non-hydrogen) atoms. The van der Waals surface area contributed by atoms with E-state index in [1.165, 1.54) is 4.31 Å². The molecule has 0 radical (unpaired) electrons. The molecule has 6 nitrogen and oxygen atoms in total. The van der Waals surface area contributed by atoms with Crippen molar-refractivity contribution in [3.05, 3.63) is 57.7 Å². The van der Waals surface area contributed by atoms with Crippen LogP contribution in [0, 0.1) is 3.57 Å². The van der Waals surface area contributed by atoms with Crippen LogP contribution in [0.25, 0.3) is 0 Å². The van der Waals surface area contributed by atoms with Gasteiger partial charge in [-0.2, -0.15) is 4.31 Å². The maximum absolute atomic E-state index is 12.8. The van der Waals surface area contributed by atoms with E-state index in [1.807, 2.05) is 26.0 Å². The van der Waals surface area contributed by atoms with E-state index in [4.69, 9.17) is 12.2 Å². The van der Waals surface area contributed by atoms with Gasteiger partial charge in [-0.15, -0.1) is 0 Å². The van der Waals surface area contributed by atoms with Gasteiger partial charge in [0.15, 0.2) is 5.11 Å². The van der Waals surface area contributed by atoms with Crippen molar-refractivity contribution in [1.82, 2.24) is 9.62 Å². The van der Waals surface area contributed by atoms with Crippen molar-refractivity contribution in [1.29, 1.82) is 0 Å². The average Bonchev–Trinajstić information content (AvgIpc) is 2.68. The van der Waals surface area contributed by atoms with Gasteiger partial charge in [0.25, 0.3) is 5.91 Å². The zero-order chi connectivity index (χ0) is 21.4. The Balaban J connectivity index is 2.05. The van der Waals surface area contributed by atoms with Crippen LogP contribution in [0.4, 0.5) is 5.69 Å². The second kappa shape index (κ2) is 11.0. The largest absolute Gasteiger partial charge is 0.332 e. The molecule has 0 aliphatic carbocycles. The SMILES string of the molecule is CCCN(CCC)S(=O)(=O)c1ccc(NC(=S)NC(=O)c2ccccc2I)cc1. The summed E-state index contributed by atoms with van der Waals surface area (Å²) >= 11 is 7.29. The van der Waals surface area contributed by atoms with Gasteiger partial charge in [0.05, 0.1) is 10.5 Å². The molecule has 0 saturated heterocycles. The van der Waals surface area contributed by atoms with Crippen molar-refractivity contribution in [3.8, 4) is 0 Å². The van der Waals surface area contributed by atoms with Gasteiger partial charge in [0.2, 0.25) is 10.0 Å². The summed E-state index contributed by atoms with van der Waals surface area (Å²) in [4.78, 5) is 12.6. The molecule has 0 heterocycles. The summed E-state index contributed by atoms with van der Waals surface area (Å²) in [7, 11) is -3.53. The molecule has 0 unspecified atom stereocenters. The predicted octanol–water partition coefficient (Wildman–Crippen LogP) is 4.23. The number of carbonyl (C=O) groups is 1. The lowest BCUT2D eigenvalue weighted by atomic mass is 10.2. The number of anilines is 1. The molecule has 156 valence electrons. The number of rotatable bonds is 8. The Labute approximate surface area is 191 Å². The molecule has 2 aromatic rings. The van der Waals surface area contributed by atoms with E-state index in [-0.39, 0.29) is 15.9 Å². The molecule has 0 aromatic heterocycles. The number of nitrogens with one attached hydrogen (secondary N) is 2. The average molecular weight is 545 g/mol. The minimum absolute atomic E-state index is 0.142. The van der Waals surface area contributed by atoms with Crippen molar-refractivity contribution in [3.63, 3.8) is 0 Å². The van der Waals surface area contributed by atoms with E-state index in [2.05, 4.69) is 33.2 Å². The highest BCUT2D eigenvalue weighted by molar-refractivity contribution is 14.1. The summed E-state index contributed by atoms with van der Waals surface area (Å²) in [6, 6.07) is 13.5. The number of thiocarbonyl (C=S) groups is 1. The molecule has 2 rings (SSSR count). The molecular formula is C20H24IN3O3S2. The number of sulfonamides is 1. The van der Waals surface area contributed by atoms with Crippen molar-refractivity contribution in [2.24, 2.45) is 0 Å². The second-order valence-corrected chi connectivity index (χ2v) is 9.82. The zero-order valence-corrected chi connectivity index (χ0v) is 20.1. The molecule has 0 aliphatic heterocycles. The highest BCUT2D eigenvalue weighted by Gasteiger charge is 2.22. The lowest BCUT2D eigenvalue weighted by Crippen LogP contribution is -2.34. The maximum atomic E-state index is 12.8. The highest BCUT2D eigenvalue weighted by atomic mass is 127. The Morgan fingerprint density at radius 1 is 1.03 bits per heavy atom. The normalized spacial score (nSPS) is 11.3. The van der Waals surface area contributed by atoms with E-state index in [1.54, 1.807) is 36.4 Å². The third kappa shape index (κ3) is 6.46. The second-order valence-electron chi connectivity index (χ2n) is 6.32. The first kappa shape index (κ1) is 23.7. The predicted molar refractivity (Wildman–Crippen MR) is 129 cm³/mol. The third-order valence-corrected chi connectivity index (χ3v) is 7.10. The summed E-state index contributed by atoms with van der Waals surface area (Å²) in [6.45, 7) is 4.89. The Bertz CT molecular complexity index is 957. The van der Waals surface area contributed by atoms with Crippen molar-refractivity contribution in [2.75, 3.05) is 18.4 Å². The number of benzene rings is 2. The number of nitrogens with zero attached hydrogens (tertiary/aromatic N) is 1. The summed E-state index contributed by atoms with van der Waals surface area (Å²) in [6.07, 6.45) is 1.51. The van der Waals surface area contributed by atoms with Gasteiger partial charge in [-0.1, -0.05) is 26.0 Å². The van der Waals surface area contributed by atoms with Crippen LogP contribution < -0.4 is 10.6 Å². The molecule has 0 spiro atoms. The van der Waals surface area contributed by atoms with Gasteiger partial charge in [0, 0.05) is 22.3 Å². The fourth-order valence-corrected chi connectivity index (χ4v) is 5.16. The molecule has 0 aliphatic rings. The summed E-state index contributed by atoms with van der Waals surface area (Å²) in [5.41, 5.74) is 1.13. The Morgan fingerprint density at radius 2 is 1.62 bits per heavy atom. The monoisotopic (exact) mass is 545 g/mol. The number of hydrogen-bond donors (Lipinski definition) is 2. The van der Waals surface area contributed by atoms with Crippen molar-refractivity contribution < 1.29 is 13.2 Å². The van der Waals surface area contributed by atoms with Crippen molar-refractivity contribution in [2.45, 2.75) is 31.6 Å². The molecule has 9 heteroatoms. The molecule has 0 atom stereocenters. The Hall–Kier alpha value is -1.56. The number of carbonyl (C=O) groups excluding carboxylic acids is 1. The summed E-state index contributed by atoms with van der Waals surface area (Å²) < 4.78 is 27.9. The van der Waals surface area contributed by atoms with E-state index >= 15 is 0 Å². The molecule has 0 fully saturated rings. The first-order chi connectivity index (χ1) is 13.8. The minimum Gasteiger partial charge on any atom is -0.332 e. The van der Waals surface area contributed by atoms with E-state index in [9.17, 15) is 13.2 Å². The standard InChI is InChI=1S/C20H24IN3O3S2/c1-3-13-24(14-4-2)29(26,27)16-11-9-15(10-12-16)22-20(28)23-19(25)17-7-5-6-8-18(17)21/h5-12H,3-4,13-14H2,1-2H3,(H2,22,23,25,28). The molecular weight excluding hydrogens is 521 g/mol. The van der Waals surface area contributed by atoms with Gasteiger partial charge in [-0.3, -0.25) is 10.1 Å². The van der Waals surface area contributed by atoms with Gasteiger partial charge >= 0.3 is 0 Å². The van der Waals surface area contributed by atoms with E-state index < -0.39 is 10.0 Å². The fraction of sp³-hybridized carbons (Fsp3) is 0.300. The lowest BCUT2D eigenvalue weighted by molar-refractivity contribution is 0.0977. The lowest BCUT2D eigenvalue weighted by Gasteiger charge is -2.21. The molecule has 0 saturated carbocycles. The van der Waals surface area contributed by atoms with Gasteiger partial charge in [-0.25, -0.2) is 8.42 Å². The maximum Gasteiger partial charge on any atom is 0.258 e. The number of halogens is 1. The van der Waals surface area contributed by atoms with Crippen LogP contribution in [0.15, 0.2) is 53.4 Å². The number of hydrogen-bond acceptors (Lipinski definition) is 4. The smallest absolute Gasteiger partial charge is 0.258 e. The summed E-state index contributed by atoms with van der Waals surface area (Å²) in [5, 5.41) is 5.68. The van der Waals surface area contributed by atoms with E-state index in [0.29, 0.717) is 24.3 Å². The van der Waals surface area contributed by atoms with Gasteiger partial charge in [-0.05, 0) is 84.0 Å². The van der Waals surface area contributed by atoms with Crippen molar-refractivity contribution >= 4 is 61.5 Å². The fourth-order valence-electron chi connectivity index (χ4n) is 2.69. The number of amides is 1. The van der Waals surface area contributed by atoms with Crippen LogP contribution in [0.1, 0.15) is 37.0 Å². The molecule has 2 aromatic carbocycles. The first-order valence-electron chi connectivity index (χ1n) is 9.26. The molecule has 2 N–H and O–H groups in total. The topological polar surface area (TPSA) is 78.5 Å².